The van der Waals surface area contributed by atoms with Crippen molar-refractivity contribution in [1.29, 1.82) is 0 Å². The number of thiophene rings is 1. The highest BCUT2D eigenvalue weighted by atomic mass is 32.1. The van der Waals surface area contributed by atoms with Crippen molar-refractivity contribution in [2.24, 2.45) is 10.3 Å². The molecule has 0 bridgehead atoms. The van der Waals surface area contributed by atoms with Crippen molar-refractivity contribution < 1.29 is 32.4 Å². The lowest BCUT2D eigenvalue weighted by atomic mass is 10.0. The molecule has 0 aliphatic rings. The molecule has 0 atom stereocenters. The number of halogens is 3. The van der Waals surface area contributed by atoms with Gasteiger partial charge in [0.1, 0.15) is 13.7 Å². The van der Waals surface area contributed by atoms with Gasteiger partial charge in [-0.3, -0.25) is 0 Å². The Kier molecular flexibility index (Phi) is 10.3. The van der Waals surface area contributed by atoms with Crippen molar-refractivity contribution in [1.82, 2.24) is 0 Å². The second kappa shape index (κ2) is 13.1. The molecular weight excluding hydrogens is 469 g/mol. The van der Waals surface area contributed by atoms with E-state index in [9.17, 15) is 18.0 Å². The lowest BCUT2D eigenvalue weighted by Crippen LogP contribution is -2.19. The van der Waals surface area contributed by atoms with E-state index in [4.69, 9.17) is 14.4 Å². The topological polar surface area (TPSA) is 69.5 Å². The van der Waals surface area contributed by atoms with E-state index < -0.39 is 17.7 Å². The van der Waals surface area contributed by atoms with E-state index in [2.05, 4.69) is 10.3 Å². The van der Waals surface area contributed by atoms with Gasteiger partial charge in [0.05, 0.1) is 18.4 Å². The number of nitrogens with zero attached hydrogens (tertiary/aromatic N) is 2. The molecule has 0 saturated carbocycles. The van der Waals surface area contributed by atoms with Crippen LogP contribution in [-0.2, 0) is 32.0 Å². The summed E-state index contributed by atoms with van der Waals surface area (Å²) in [7, 11) is 2.51. The van der Waals surface area contributed by atoms with E-state index in [1.807, 2.05) is 22.9 Å². The maximum Gasteiger partial charge on any atom is 0.416 e. The molecule has 3 rings (SSSR count). The number of alkyl halides is 3. The minimum Gasteiger partial charge on any atom is -0.464 e. The van der Waals surface area contributed by atoms with Gasteiger partial charge in [-0.05, 0) is 35.4 Å². The zero-order valence-electron chi connectivity index (χ0n) is 18.7. The zero-order chi connectivity index (χ0) is 25.0. The fourth-order valence-corrected chi connectivity index (χ4v) is 3.11. The summed E-state index contributed by atoms with van der Waals surface area (Å²) in [6, 6.07) is 15.6. The molecule has 2 aromatic carbocycles. The molecule has 0 fully saturated rings. The van der Waals surface area contributed by atoms with Gasteiger partial charge in [-0.1, -0.05) is 58.8 Å². The number of hydrogen-bond donors (Lipinski definition) is 0. The monoisotopic (exact) mass is 492 g/mol. The SMILES string of the molecule is CO/N=C(/C(=O)OC)c1ccccc1CO/N=C(\C)c1cccc(C(F)(F)F)c1.c1ccsc1. The Bertz CT molecular complexity index is 1100. The number of rotatable bonds is 7. The summed E-state index contributed by atoms with van der Waals surface area (Å²) in [5.74, 6) is -0.692. The third kappa shape index (κ3) is 8.04. The molecule has 0 aliphatic carbocycles. The lowest BCUT2D eigenvalue weighted by molar-refractivity contribution is -0.137. The number of esters is 1. The first-order valence-corrected chi connectivity index (χ1v) is 10.8. The Balaban J connectivity index is 0.000000720. The lowest BCUT2D eigenvalue weighted by Gasteiger charge is -2.10. The molecule has 0 N–H and O–H groups in total. The zero-order valence-corrected chi connectivity index (χ0v) is 19.5. The van der Waals surface area contributed by atoms with Crippen LogP contribution in [0.2, 0.25) is 0 Å². The minimum atomic E-state index is -4.44. The molecule has 0 radical (unpaired) electrons. The van der Waals surface area contributed by atoms with Gasteiger partial charge in [-0.15, -0.1) is 0 Å². The first-order valence-electron chi connectivity index (χ1n) is 9.87. The van der Waals surface area contributed by atoms with Crippen molar-refractivity contribution in [3.8, 4) is 0 Å². The van der Waals surface area contributed by atoms with E-state index in [0.29, 0.717) is 11.1 Å². The molecule has 1 heterocycles. The fraction of sp³-hybridized carbons (Fsp3) is 0.208. The molecule has 3 aromatic rings. The van der Waals surface area contributed by atoms with Gasteiger partial charge in [-0.2, -0.15) is 24.5 Å². The Morgan fingerprint density at radius 3 is 2.26 bits per heavy atom. The third-order valence-corrected chi connectivity index (χ3v) is 4.92. The van der Waals surface area contributed by atoms with Crippen LogP contribution < -0.4 is 0 Å². The Labute approximate surface area is 199 Å². The number of methoxy groups -OCH3 is 1. The van der Waals surface area contributed by atoms with Crippen LogP contribution in [0.5, 0.6) is 0 Å². The minimum absolute atomic E-state index is 0.0484. The fourth-order valence-electron chi connectivity index (χ4n) is 2.66. The average molecular weight is 493 g/mol. The number of hydrogen-bond acceptors (Lipinski definition) is 7. The van der Waals surface area contributed by atoms with Crippen LogP contribution in [0.3, 0.4) is 0 Å². The number of carbonyl (C=O) groups excluding carboxylic acids is 1. The highest BCUT2D eigenvalue weighted by Crippen LogP contribution is 2.29. The van der Waals surface area contributed by atoms with Crippen molar-refractivity contribution in [3.05, 3.63) is 93.7 Å². The van der Waals surface area contributed by atoms with Crippen LogP contribution in [0.15, 0.2) is 81.7 Å². The second-order valence-corrected chi connectivity index (χ2v) is 7.41. The predicted octanol–water partition coefficient (Wildman–Crippen LogP) is 5.92. The number of ether oxygens (including phenoxy) is 1. The Hall–Kier alpha value is -3.66. The molecule has 34 heavy (non-hydrogen) atoms. The summed E-state index contributed by atoms with van der Waals surface area (Å²) in [6.07, 6.45) is -4.44. The molecule has 6 nitrogen and oxygen atoms in total. The van der Waals surface area contributed by atoms with Gasteiger partial charge < -0.3 is 14.4 Å². The summed E-state index contributed by atoms with van der Waals surface area (Å²) in [5.41, 5.74) is 0.722. The van der Waals surface area contributed by atoms with Crippen molar-refractivity contribution in [2.45, 2.75) is 19.7 Å². The highest BCUT2D eigenvalue weighted by molar-refractivity contribution is 7.07. The molecule has 0 unspecified atom stereocenters. The van der Waals surface area contributed by atoms with Crippen LogP contribution in [0.4, 0.5) is 13.2 Å². The summed E-state index contributed by atoms with van der Waals surface area (Å²) >= 11 is 1.71. The number of carbonyl (C=O) groups is 1. The molecule has 0 spiro atoms. The first kappa shape index (κ1) is 26.6. The van der Waals surface area contributed by atoms with E-state index in [-0.39, 0.29) is 23.6 Å². The van der Waals surface area contributed by atoms with Crippen LogP contribution in [0.25, 0.3) is 0 Å². The van der Waals surface area contributed by atoms with Gasteiger partial charge in [-0.25, -0.2) is 4.79 Å². The molecule has 0 aliphatic heterocycles. The maximum absolute atomic E-state index is 12.9. The molecular formula is C24H23F3N2O4S. The van der Waals surface area contributed by atoms with Gasteiger partial charge in [0.2, 0.25) is 0 Å². The number of oxime groups is 2. The normalized spacial score (nSPS) is 11.8. The summed E-state index contributed by atoms with van der Waals surface area (Å²) in [5, 5.41) is 11.7. The van der Waals surface area contributed by atoms with Crippen molar-refractivity contribution >= 4 is 28.7 Å². The van der Waals surface area contributed by atoms with Crippen LogP contribution in [-0.4, -0.2) is 31.6 Å². The van der Waals surface area contributed by atoms with E-state index in [0.717, 1.165) is 12.1 Å². The summed E-state index contributed by atoms with van der Waals surface area (Å²) in [6.45, 7) is 1.49. The van der Waals surface area contributed by atoms with Crippen molar-refractivity contribution in [2.75, 3.05) is 14.2 Å². The van der Waals surface area contributed by atoms with E-state index in [1.165, 1.54) is 33.3 Å². The third-order valence-electron chi connectivity index (χ3n) is 4.29. The molecule has 10 heteroatoms. The molecule has 0 amide bonds. The summed E-state index contributed by atoms with van der Waals surface area (Å²) < 4.78 is 43.3. The van der Waals surface area contributed by atoms with E-state index in [1.54, 1.807) is 35.6 Å². The maximum atomic E-state index is 12.9. The molecule has 180 valence electrons. The largest absolute Gasteiger partial charge is 0.464 e. The van der Waals surface area contributed by atoms with Gasteiger partial charge in [0.15, 0.2) is 5.71 Å². The van der Waals surface area contributed by atoms with Crippen molar-refractivity contribution in [3.63, 3.8) is 0 Å². The second-order valence-electron chi connectivity index (χ2n) is 6.59. The van der Waals surface area contributed by atoms with Gasteiger partial charge >= 0.3 is 12.1 Å². The predicted molar refractivity (Wildman–Crippen MR) is 125 cm³/mol. The quantitative estimate of drug-likeness (QED) is 0.233. The van der Waals surface area contributed by atoms with Gasteiger partial charge in [0, 0.05) is 11.1 Å². The molecule has 1 aromatic heterocycles. The number of benzene rings is 2. The van der Waals surface area contributed by atoms with Gasteiger partial charge in [0.25, 0.3) is 0 Å². The standard InChI is InChI=1S/C20H19F3N2O4.C4H4S/c1-13(14-8-6-9-16(11-14)20(21,22)23)24-29-12-15-7-4-5-10-17(15)18(25-28-3)19(26)27-2;1-2-4-5-3-1/h4-11H,12H2,1-3H3;1-4H/b24-13+,25-18+;. The first-order chi connectivity index (χ1) is 16.3. The smallest absolute Gasteiger partial charge is 0.416 e. The van der Waals surface area contributed by atoms with E-state index >= 15 is 0 Å². The van der Waals surface area contributed by atoms with Crippen LogP contribution in [0.1, 0.15) is 29.2 Å². The summed E-state index contributed by atoms with van der Waals surface area (Å²) in [4.78, 5) is 21.9. The van der Waals surface area contributed by atoms with Crippen LogP contribution in [0, 0.1) is 0 Å². The highest BCUT2D eigenvalue weighted by Gasteiger charge is 2.30. The molecule has 0 saturated heterocycles. The Morgan fingerprint density at radius 2 is 1.68 bits per heavy atom. The Morgan fingerprint density at radius 1 is 0.971 bits per heavy atom. The van der Waals surface area contributed by atoms with Crippen LogP contribution >= 0.6 is 11.3 Å². The average Bonchev–Trinajstić information content (AvgIpc) is 3.42.